The molecule has 124 valence electrons. The molecule has 0 amide bonds. The summed E-state index contributed by atoms with van der Waals surface area (Å²) in [6.07, 6.45) is 3.53. The highest BCUT2D eigenvalue weighted by molar-refractivity contribution is 5.84. The zero-order chi connectivity index (χ0) is 17.4. The van der Waals surface area contributed by atoms with Crippen LogP contribution in [0.15, 0.2) is 72.3 Å². The number of rotatable bonds is 2. The van der Waals surface area contributed by atoms with Gasteiger partial charge in [-0.3, -0.25) is 0 Å². The summed E-state index contributed by atoms with van der Waals surface area (Å²) >= 11 is 0. The minimum absolute atomic E-state index is 0.126. The predicted molar refractivity (Wildman–Crippen MR) is 106 cm³/mol. The summed E-state index contributed by atoms with van der Waals surface area (Å²) < 4.78 is 0. The Balaban J connectivity index is 2.22. The topological polar surface area (TPSA) is 0 Å². The molecule has 0 radical (unpaired) electrons. The van der Waals surface area contributed by atoms with Gasteiger partial charge in [-0.05, 0) is 45.1 Å². The van der Waals surface area contributed by atoms with Crippen molar-refractivity contribution in [3.05, 3.63) is 83.4 Å². The Morgan fingerprint density at radius 3 is 1.75 bits per heavy atom. The third-order valence-electron chi connectivity index (χ3n) is 4.98. The first-order valence-corrected chi connectivity index (χ1v) is 8.86. The van der Waals surface area contributed by atoms with Crippen molar-refractivity contribution in [2.75, 3.05) is 0 Å². The van der Waals surface area contributed by atoms with Crippen LogP contribution in [0.1, 0.15) is 52.2 Å². The maximum absolute atomic E-state index is 2.46. The molecule has 2 aromatic rings. The van der Waals surface area contributed by atoms with Crippen molar-refractivity contribution < 1.29 is 0 Å². The second kappa shape index (κ2) is 6.09. The molecule has 0 spiro atoms. The molecule has 0 N–H and O–H groups in total. The first-order valence-electron chi connectivity index (χ1n) is 8.86. The smallest absolute Gasteiger partial charge is 0.00569 e. The van der Waals surface area contributed by atoms with Gasteiger partial charge >= 0.3 is 0 Å². The summed E-state index contributed by atoms with van der Waals surface area (Å²) in [4.78, 5) is 0. The Labute approximate surface area is 146 Å². The quantitative estimate of drug-likeness (QED) is 0.559. The van der Waals surface area contributed by atoms with Crippen LogP contribution in [0.25, 0.3) is 11.1 Å². The highest BCUT2D eigenvalue weighted by atomic mass is 14.4. The maximum Gasteiger partial charge on any atom is -0.00569 e. The van der Waals surface area contributed by atoms with Crippen molar-refractivity contribution >= 4 is 11.1 Å². The molecule has 0 unspecified atom stereocenters. The summed E-state index contributed by atoms with van der Waals surface area (Å²) in [6, 6.07) is 21.7. The molecule has 0 heteroatoms. The van der Waals surface area contributed by atoms with Gasteiger partial charge in [0.1, 0.15) is 0 Å². The second-order valence-electron chi connectivity index (χ2n) is 8.49. The molecule has 0 saturated heterocycles. The van der Waals surface area contributed by atoms with Crippen LogP contribution in [0, 0.1) is 10.8 Å². The van der Waals surface area contributed by atoms with Crippen LogP contribution < -0.4 is 0 Å². The summed E-state index contributed by atoms with van der Waals surface area (Å²) in [5.74, 6) is 0. The number of benzene rings is 2. The highest BCUT2D eigenvalue weighted by Crippen LogP contribution is 2.50. The van der Waals surface area contributed by atoms with E-state index in [1.165, 1.54) is 27.8 Å². The number of allylic oxidation sites excluding steroid dienone is 4. The lowest BCUT2D eigenvalue weighted by Crippen LogP contribution is -2.23. The molecule has 0 atom stereocenters. The highest BCUT2D eigenvalue weighted by Gasteiger charge is 2.34. The van der Waals surface area contributed by atoms with Crippen molar-refractivity contribution in [3.8, 4) is 0 Å². The van der Waals surface area contributed by atoms with E-state index in [0.717, 1.165) is 6.42 Å². The first kappa shape index (κ1) is 16.8. The largest absolute Gasteiger partial charge is 0.0622 e. The fourth-order valence-electron chi connectivity index (χ4n) is 3.72. The van der Waals surface area contributed by atoms with Gasteiger partial charge in [-0.25, -0.2) is 0 Å². The van der Waals surface area contributed by atoms with E-state index in [2.05, 4.69) is 101 Å². The van der Waals surface area contributed by atoms with E-state index in [0.29, 0.717) is 0 Å². The van der Waals surface area contributed by atoms with Gasteiger partial charge in [0.15, 0.2) is 0 Å². The van der Waals surface area contributed by atoms with E-state index in [9.17, 15) is 0 Å². The Morgan fingerprint density at radius 2 is 1.25 bits per heavy atom. The third-order valence-corrected chi connectivity index (χ3v) is 4.98. The monoisotopic (exact) mass is 316 g/mol. The molecule has 0 nitrogen and oxygen atoms in total. The lowest BCUT2D eigenvalue weighted by atomic mass is 9.66. The molecule has 0 fully saturated rings. The van der Waals surface area contributed by atoms with E-state index >= 15 is 0 Å². The first-order chi connectivity index (χ1) is 11.3. The molecule has 2 aromatic carbocycles. The van der Waals surface area contributed by atoms with Gasteiger partial charge in [0.25, 0.3) is 0 Å². The zero-order valence-electron chi connectivity index (χ0n) is 15.6. The Hall–Kier alpha value is -2.08. The lowest BCUT2D eigenvalue weighted by Gasteiger charge is -2.38. The maximum atomic E-state index is 2.46. The van der Waals surface area contributed by atoms with Crippen LogP contribution in [0.4, 0.5) is 0 Å². The van der Waals surface area contributed by atoms with Crippen LogP contribution in [0.3, 0.4) is 0 Å². The van der Waals surface area contributed by atoms with E-state index < -0.39 is 0 Å². The van der Waals surface area contributed by atoms with E-state index in [1.807, 2.05) is 0 Å². The standard InChI is InChI=1S/C24H28/c1-23(2,3)22-16-21(19-14-10-7-11-15-19)24(4,5)17-20(22)18-12-8-6-9-13-18/h6-16H,17H2,1-5H3. The van der Waals surface area contributed by atoms with Gasteiger partial charge in [0, 0.05) is 0 Å². The number of hydrogen-bond donors (Lipinski definition) is 0. The van der Waals surface area contributed by atoms with Gasteiger partial charge in [-0.2, -0.15) is 0 Å². The van der Waals surface area contributed by atoms with E-state index in [1.54, 1.807) is 0 Å². The van der Waals surface area contributed by atoms with Crippen LogP contribution in [-0.4, -0.2) is 0 Å². The second-order valence-corrected chi connectivity index (χ2v) is 8.49. The molecule has 0 heterocycles. The van der Waals surface area contributed by atoms with E-state index in [-0.39, 0.29) is 10.8 Å². The minimum Gasteiger partial charge on any atom is -0.0622 e. The van der Waals surface area contributed by atoms with Gasteiger partial charge in [-0.15, -0.1) is 0 Å². The minimum atomic E-state index is 0.126. The molecule has 1 aliphatic carbocycles. The van der Waals surface area contributed by atoms with Crippen molar-refractivity contribution in [1.82, 2.24) is 0 Å². The molecule has 24 heavy (non-hydrogen) atoms. The van der Waals surface area contributed by atoms with Crippen molar-refractivity contribution in [3.63, 3.8) is 0 Å². The van der Waals surface area contributed by atoms with Crippen LogP contribution in [-0.2, 0) is 0 Å². The van der Waals surface area contributed by atoms with Gasteiger partial charge in [0.05, 0.1) is 0 Å². The van der Waals surface area contributed by atoms with Gasteiger partial charge in [0.2, 0.25) is 0 Å². The van der Waals surface area contributed by atoms with Gasteiger partial charge < -0.3 is 0 Å². The average molecular weight is 316 g/mol. The van der Waals surface area contributed by atoms with Gasteiger partial charge in [-0.1, -0.05) is 101 Å². The Bertz CT molecular complexity index is 766. The molecule has 0 bridgehead atoms. The van der Waals surface area contributed by atoms with Crippen LogP contribution in [0.5, 0.6) is 0 Å². The fraction of sp³-hybridized carbons (Fsp3) is 0.333. The van der Waals surface area contributed by atoms with Crippen LogP contribution in [0.2, 0.25) is 0 Å². The molecule has 0 aliphatic heterocycles. The predicted octanol–water partition coefficient (Wildman–Crippen LogP) is 7.00. The summed E-state index contributed by atoms with van der Waals surface area (Å²) in [6.45, 7) is 11.7. The molecule has 1 aliphatic rings. The third kappa shape index (κ3) is 3.24. The molecule has 3 rings (SSSR count). The van der Waals surface area contributed by atoms with Crippen molar-refractivity contribution in [2.24, 2.45) is 10.8 Å². The molecular weight excluding hydrogens is 288 g/mol. The Kier molecular flexibility index (Phi) is 4.25. The van der Waals surface area contributed by atoms with Crippen LogP contribution >= 0.6 is 0 Å². The SMILES string of the molecule is CC(C)(C)C1=C(c2ccccc2)CC(C)(C)C(c2ccccc2)=C1. The summed E-state index contributed by atoms with van der Waals surface area (Å²) in [5.41, 5.74) is 7.37. The average Bonchev–Trinajstić information content (AvgIpc) is 2.54. The zero-order valence-corrected chi connectivity index (χ0v) is 15.6. The molecule has 0 saturated carbocycles. The normalized spacial score (nSPS) is 17.6. The van der Waals surface area contributed by atoms with E-state index in [4.69, 9.17) is 0 Å². The van der Waals surface area contributed by atoms with Crippen molar-refractivity contribution in [1.29, 1.82) is 0 Å². The fourth-order valence-corrected chi connectivity index (χ4v) is 3.72. The molecular formula is C24H28. The summed E-state index contributed by atoms with van der Waals surface area (Å²) in [7, 11) is 0. The van der Waals surface area contributed by atoms with Crippen molar-refractivity contribution in [2.45, 2.75) is 41.0 Å². The molecule has 0 aromatic heterocycles. The lowest BCUT2D eigenvalue weighted by molar-refractivity contribution is 0.478. The number of hydrogen-bond acceptors (Lipinski definition) is 0. The Morgan fingerprint density at radius 1 is 0.750 bits per heavy atom. The summed E-state index contributed by atoms with van der Waals surface area (Å²) in [5, 5.41) is 0.